The first-order chi connectivity index (χ1) is 11.2. The van der Waals surface area contributed by atoms with Gasteiger partial charge in [0, 0.05) is 0 Å². The van der Waals surface area contributed by atoms with Crippen LogP contribution >= 0.6 is 0 Å². The molecule has 0 saturated carbocycles. The molecule has 0 radical (unpaired) electrons. The van der Waals surface area contributed by atoms with E-state index < -0.39 is 31.9 Å². The van der Waals surface area contributed by atoms with Crippen LogP contribution in [0.1, 0.15) is 20.7 Å². The van der Waals surface area contributed by atoms with Gasteiger partial charge in [-0.05, 0) is 24.3 Å². The molecule has 2 N–H and O–H groups in total. The Morgan fingerprint density at radius 2 is 0.917 bits per heavy atom. The smallest absolute Gasteiger partial charge is 0.266 e. The molecule has 0 aliphatic carbocycles. The van der Waals surface area contributed by atoms with Crippen LogP contribution in [0.4, 0.5) is 0 Å². The predicted octanol–water partition coefficient (Wildman–Crippen LogP) is 0.237. The number of hydrogen-bond acceptors (Lipinski definition) is 6. The zero-order chi connectivity index (χ0) is 17.5. The van der Waals surface area contributed by atoms with Crippen molar-refractivity contribution in [3.8, 4) is 0 Å². The second-order valence-corrected chi connectivity index (χ2v) is 8.16. The van der Waals surface area contributed by atoms with Crippen molar-refractivity contribution in [2.24, 2.45) is 0 Å². The van der Waals surface area contributed by atoms with Crippen molar-refractivity contribution in [2.45, 2.75) is 9.79 Å². The summed E-state index contributed by atoms with van der Waals surface area (Å²) < 4.78 is 48.3. The lowest BCUT2D eigenvalue weighted by molar-refractivity contribution is 0.0976. The highest BCUT2D eigenvalue weighted by Gasteiger charge is 2.32. The molecular weight excluding hydrogens is 356 g/mol. The minimum Gasteiger partial charge on any atom is -0.268 e. The van der Waals surface area contributed by atoms with E-state index in [9.17, 15) is 26.4 Å². The third kappa shape index (κ3) is 2.65. The number of carbonyl (C=O) groups excluding carboxylic acids is 2. The first-order valence-electron chi connectivity index (χ1n) is 6.55. The van der Waals surface area contributed by atoms with Crippen LogP contribution in [0.5, 0.6) is 0 Å². The summed E-state index contributed by atoms with van der Waals surface area (Å²) in [5.74, 6) is -1.10. The normalized spacial score (nSPS) is 18.5. The Bertz CT molecular complexity index is 986. The van der Waals surface area contributed by atoms with Crippen molar-refractivity contribution in [2.75, 3.05) is 0 Å². The second kappa shape index (κ2) is 5.42. The maximum Gasteiger partial charge on any atom is 0.266 e. The van der Waals surface area contributed by atoms with Crippen molar-refractivity contribution in [3.05, 3.63) is 59.7 Å². The summed E-state index contributed by atoms with van der Waals surface area (Å²) in [4.78, 5) is 22.1. The molecule has 2 aromatic carbocycles. The van der Waals surface area contributed by atoms with Gasteiger partial charge in [0.2, 0.25) is 0 Å². The van der Waals surface area contributed by atoms with Gasteiger partial charge >= 0.3 is 0 Å². The number of carbonyl (C=O) groups is 2. The summed E-state index contributed by atoms with van der Waals surface area (Å²) >= 11 is 0. The van der Waals surface area contributed by atoms with Gasteiger partial charge in [-0.1, -0.05) is 24.3 Å². The highest BCUT2D eigenvalue weighted by Crippen LogP contribution is 2.21. The molecule has 0 bridgehead atoms. The average Bonchev–Trinajstić information content (AvgIpc) is 2.91. The number of rotatable bonds is 0. The largest absolute Gasteiger partial charge is 0.268 e. The molecule has 0 saturated heterocycles. The molecule has 8 nitrogen and oxygen atoms in total. The second-order valence-electron chi connectivity index (χ2n) is 4.86. The lowest BCUT2D eigenvalue weighted by Gasteiger charge is -1.91. The molecule has 2 aromatic rings. The number of amides is 2. The fraction of sp³-hybridized carbons (Fsp3) is 0. The van der Waals surface area contributed by atoms with E-state index in [0.717, 1.165) is 0 Å². The van der Waals surface area contributed by atoms with Gasteiger partial charge in [-0.15, -0.1) is 0 Å². The Morgan fingerprint density at radius 1 is 0.583 bits per heavy atom. The van der Waals surface area contributed by atoms with E-state index in [1.807, 2.05) is 9.44 Å². The van der Waals surface area contributed by atoms with Gasteiger partial charge in [0.1, 0.15) is 9.79 Å². The first-order valence-corrected chi connectivity index (χ1v) is 9.51. The molecule has 0 fully saturated rings. The molecule has 24 heavy (non-hydrogen) atoms. The van der Waals surface area contributed by atoms with Crippen LogP contribution in [0.25, 0.3) is 0 Å². The van der Waals surface area contributed by atoms with Crippen LogP contribution in [-0.2, 0) is 20.0 Å². The van der Waals surface area contributed by atoms with Gasteiger partial charge < -0.3 is 0 Å². The average molecular weight is 366 g/mol. The maximum atomic E-state index is 11.1. The summed E-state index contributed by atoms with van der Waals surface area (Å²) in [6.07, 6.45) is 0. The lowest BCUT2D eigenvalue weighted by atomic mass is 10.2. The molecule has 4 rings (SSSR count). The lowest BCUT2D eigenvalue weighted by Crippen LogP contribution is -2.20. The zero-order valence-electron chi connectivity index (χ0n) is 11.9. The molecule has 2 amide bonds. The van der Waals surface area contributed by atoms with Crippen LogP contribution in [-0.4, -0.2) is 28.6 Å². The van der Waals surface area contributed by atoms with E-state index in [0.29, 0.717) is 0 Å². The number of sulfonamides is 2. The molecule has 2 aliphatic rings. The molecule has 0 aromatic heterocycles. The van der Waals surface area contributed by atoms with Crippen molar-refractivity contribution >= 4 is 31.9 Å². The highest BCUT2D eigenvalue weighted by atomic mass is 32.2. The van der Waals surface area contributed by atoms with Crippen LogP contribution in [0.3, 0.4) is 0 Å². The van der Waals surface area contributed by atoms with E-state index in [4.69, 9.17) is 0 Å². The molecule has 2 heterocycles. The van der Waals surface area contributed by atoms with E-state index in [-0.39, 0.29) is 20.9 Å². The summed E-state index contributed by atoms with van der Waals surface area (Å²) in [6, 6.07) is 12.2. The van der Waals surface area contributed by atoms with E-state index in [2.05, 4.69) is 0 Å². The molecule has 10 heteroatoms. The molecule has 0 unspecified atom stereocenters. The van der Waals surface area contributed by atoms with Gasteiger partial charge in [0.15, 0.2) is 0 Å². The minimum atomic E-state index is -3.55. The number of hydrogen-bond donors (Lipinski definition) is 2. The predicted molar refractivity (Wildman–Crippen MR) is 82.2 cm³/mol. The fourth-order valence-electron chi connectivity index (χ4n) is 2.24. The highest BCUT2D eigenvalue weighted by molar-refractivity contribution is 7.91. The Balaban J connectivity index is 0.000000141. The van der Waals surface area contributed by atoms with Gasteiger partial charge in [-0.25, -0.2) is 26.3 Å². The summed E-state index contributed by atoms with van der Waals surface area (Å²) in [5.41, 5.74) is 0.440. The fourth-order valence-corrected chi connectivity index (χ4v) is 4.59. The molecule has 0 spiro atoms. The summed E-state index contributed by atoms with van der Waals surface area (Å²) in [5, 5.41) is 0. The van der Waals surface area contributed by atoms with Gasteiger partial charge in [0.05, 0.1) is 11.1 Å². The van der Waals surface area contributed by atoms with Crippen LogP contribution < -0.4 is 9.44 Å². The quantitative estimate of drug-likeness (QED) is 0.688. The molecular formula is C14H10N2O6S2. The third-order valence-corrected chi connectivity index (χ3v) is 6.07. The van der Waals surface area contributed by atoms with Crippen molar-refractivity contribution in [3.63, 3.8) is 0 Å². The van der Waals surface area contributed by atoms with E-state index in [1.54, 1.807) is 24.3 Å². The standard InChI is InChI=1S/2C7H5NO3S/c2*9-7-5-3-1-2-4-6(5)12(10,11)8-7/h2*1-4H,(H,8,9). The molecule has 124 valence electrons. The van der Waals surface area contributed by atoms with Gasteiger partial charge in [-0.2, -0.15) is 0 Å². The Kier molecular flexibility index (Phi) is 3.65. The minimum absolute atomic E-state index is 0.0648. The Labute approximate surface area is 137 Å². The van der Waals surface area contributed by atoms with Crippen molar-refractivity contribution in [1.82, 2.24) is 9.44 Å². The monoisotopic (exact) mass is 366 g/mol. The number of nitrogens with one attached hydrogen (secondary N) is 2. The third-order valence-electron chi connectivity index (χ3n) is 3.30. The van der Waals surface area contributed by atoms with Gasteiger partial charge in [0.25, 0.3) is 31.9 Å². The van der Waals surface area contributed by atoms with Crippen molar-refractivity contribution in [1.29, 1.82) is 0 Å². The van der Waals surface area contributed by atoms with Crippen LogP contribution in [0.15, 0.2) is 58.3 Å². The zero-order valence-corrected chi connectivity index (χ0v) is 13.5. The van der Waals surface area contributed by atoms with Crippen LogP contribution in [0, 0.1) is 0 Å². The van der Waals surface area contributed by atoms with E-state index in [1.165, 1.54) is 24.3 Å². The Hall–Kier alpha value is -2.72. The summed E-state index contributed by atoms with van der Waals surface area (Å²) in [6.45, 7) is 0. The number of fused-ring (bicyclic) bond motifs is 2. The van der Waals surface area contributed by atoms with Crippen LogP contribution in [0.2, 0.25) is 0 Å². The topological polar surface area (TPSA) is 126 Å². The Morgan fingerprint density at radius 3 is 1.25 bits per heavy atom. The summed E-state index contributed by atoms with van der Waals surface area (Å²) in [7, 11) is -7.11. The molecule has 0 atom stereocenters. The number of benzene rings is 2. The van der Waals surface area contributed by atoms with Gasteiger partial charge in [-0.3, -0.25) is 9.59 Å². The maximum absolute atomic E-state index is 11.1. The SMILES string of the molecule is O=C1NS(=O)(=O)c2ccccc21.O=C1NS(=O)(=O)c2ccccc21. The molecule has 2 aliphatic heterocycles. The van der Waals surface area contributed by atoms with Crippen molar-refractivity contribution < 1.29 is 26.4 Å². The van der Waals surface area contributed by atoms with E-state index >= 15 is 0 Å². The first kappa shape index (κ1) is 16.1.